The van der Waals surface area contributed by atoms with Crippen molar-refractivity contribution in [1.82, 2.24) is 10.2 Å². The van der Waals surface area contributed by atoms with Crippen molar-refractivity contribution >= 4 is 5.91 Å². The number of aliphatic hydroxyl groups is 1. The Morgan fingerprint density at radius 3 is 2.79 bits per heavy atom. The van der Waals surface area contributed by atoms with Crippen LogP contribution in [0.1, 0.15) is 25.3 Å². The van der Waals surface area contributed by atoms with Gasteiger partial charge in [-0.05, 0) is 42.4 Å². The molecule has 6 nitrogen and oxygen atoms in total. The van der Waals surface area contributed by atoms with E-state index in [1.807, 2.05) is 6.07 Å². The largest absolute Gasteiger partial charge is 0.454 e. The fourth-order valence-electron chi connectivity index (χ4n) is 4.37. The van der Waals surface area contributed by atoms with Crippen molar-refractivity contribution in [1.29, 1.82) is 0 Å². The van der Waals surface area contributed by atoms with E-state index in [9.17, 15) is 9.90 Å². The quantitative estimate of drug-likeness (QED) is 0.868. The van der Waals surface area contributed by atoms with Crippen molar-refractivity contribution in [2.45, 2.75) is 38.5 Å². The van der Waals surface area contributed by atoms with Gasteiger partial charge in [0.15, 0.2) is 11.5 Å². The van der Waals surface area contributed by atoms with Crippen molar-refractivity contribution in [3.8, 4) is 11.5 Å². The lowest BCUT2D eigenvalue weighted by Crippen LogP contribution is -2.48. The van der Waals surface area contributed by atoms with E-state index < -0.39 is 6.10 Å². The van der Waals surface area contributed by atoms with E-state index >= 15 is 0 Å². The molecule has 2 fully saturated rings. The van der Waals surface area contributed by atoms with E-state index in [2.05, 4.69) is 22.3 Å². The van der Waals surface area contributed by atoms with Crippen molar-refractivity contribution in [3.05, 3.63) is 23.8 Å². The molecular weight excluding hydrogens is 308 g/mol. The van der Waals surface area contributed by atoms with Crippen LogP contribution in [0.15, 0.2) is 18.2 Å². The Morgan fingerprint density at radius 1 is 1.25 bits per heavy atom. The van der Waals surface area contributed by atoms with Gasteiger partial charge in [-0.2, -0.15) is 0 Å². The van der Waals surface area contributed by atoms with Crippen LogP contribution < -0.4 is 14.8 Å². The molecule has 0 spiro atoms. The predicted molar refractivity (Wildman–Crippen MR) is 87.7 cm³/mol. The van der Waals surface area contributed by atoms with E-state index in [-0.39, 0.29) is 11.9 Å². The first-order chi connectivity index (χ1) is 11.6. The molecule has 1 aliphatic carbocycles. The molecule has 0 aromatic heterocycles. The lowest BCUT2D eigenvalue weighted by Gasteiger charge is -2.35. The van der Waals surface area contributed by atoms with Crippen LogP contribution in [0, 0.1) is 11.8 Å². The van der Waals surface area contributed by atoms with Crippen LogP contribution in [-0.4, -0.2) is 47.9 Å². The molecule has 0 unspecified atom stereocenters. The standard InChI is InChI=1S/C18H24N2O4/c1-11(21)19-15-5-13-8-20(9-14(13)6-16(15)22)7-12-2-3-17-18(4-12)24-10-23-17/h2-4,13-16,22H,5-10H2,1H3,(H,19,21)/t13-,14+,15-,16-/m1/s1. The van der Waals surface area contributed by atoms with Gasteiger partial charge in [-0.3, -0.25) is 9.69 Å². The first-order valence-electron chi connectivity index (χ1n) is 8.64. The summed E-state index contributed by atoms with van der Waals surface area (Å²) in [5.41, 5.74) is 1.22. The molecule has 2 heterocycles. The topological polar surface area (TPSA) is 71.0 Å². The summed E-state index contributed by atoms with van der Waals surface area (Å²) in [6.07, 6.45) is 1.21. The molecule has 3 aliphatic rings. The van der Waals surface area contributed by atoms with E-state index in [4.69, 9.17) is 9.47 Å². The predicted octanol–water partition coefficient (Wildman–Crippen LogP) is 1.12. The molecule has 1 aromatic carbocycles. The summed E-state index contributed by atoms with van der Waals surface area (Å²) in [4.78, 5) is 13.7. The third-order valence-electron chi connectivity index (χ3n) is 5.45. The molecule has 130 valence electrons. The molecular formula is C18H24N2O4. The van der Waals surface area contributed by atoms with Crippen LogP contribution in [-0.2, 0) is 11.3 Å². The number of aliphatic hydroxyl groups excluding tert-OH is 1. The minimum Gasteiger partial charge on any atom is -0.454 e. The Balaban J connectivity index is 1.39. The lowest BCUT2D eigenvalue weighted by molar-refractivity contribution is -0.121. The van der Waals surface area contributed by atoms with Gasteiger partial charge in [0.25, 0.3) is 0 Å². The molecule has 24 heavy (non-hydrogen) atoms. The summed E-state index contributed by atoms with van der Waals surface area (Å²) in [6, 6.07) is 6.01. The van der Waals surface area contributed by atoms with Gasteiger partial charge >= 0.3 is 0 Å². The van der Waals surface area contributed by atoms with E-state index in [1.165, 1.54) is 12.5 Å². The van der Waals surface area contributed by atoms with Crippen LogP contribution in [0.4, 0.5) is 0 Å². The molecule has 6 heteroatoms. The number of nitrogens with zero attached hydrogens (tertiary/aromatic N) is 1. The number of rotatable bonds is 3. The Labute approximate surface area is 141 Å². The van der Waals surface area contributed by atoms with Crippen LogP contribution in [0.2, 0.25) is 0 Å². The van der Waals surface area contributed by atoms with Crippen molar-refractivity contribution < 1.29 is 19.4 Å². The minimum atomic E-state index is -0.430. The number of likely N-dealkylation sites (tertiary alicyclic amines) is 1. The highest BCUT2D eigenvalue weighted by molar-refractivity contribution is 5.73. The highest BCUT2D eigenvalue weighted by Gasteiger charge is 2.41. The number of ether oxygens (including phenoxy) is 2. The Bertz CT molecular complexity index is 635. The second-order valence-corrected chi connectivity index (χ2v) is 7.25. The monoisotopic (exact) mass is 332 g/mol. The molecule has 1 saturated heterocycles. The van der Waals surface area contributed by atoms with Crippen LogP contribution in [0.5, 0.6) is 11.5 Å². The van der Waals surface area contributed by atoms with E-state index in [1.54, 1.807) is 0 Å². The third kappa shape index (κ3) is 3.08. The van der Waals surface area contributed by atoms with Crippen molar-refractivity contribution in [2.75, 3.05) is 19.9 Å². The first-order valence-corrected chi connectivity index (χ1v) is 8.64. The summed E-state index contributed by atoms with van der Waals surface area (Å²) in [6.45, 7) is 4.71. The molecule has 4 atom stereocenters. The summed E-state index contributed by atoms with van der Waals surface area (Å²) >= 11 is 0. The van der Waals surface area contributed by atoms with Gasteiger partial charge in [0.1, 0.15) is 0 Å². The van der Waals surface area contributed by atoms with Crippen molar-refractivity contribution in [2.24, 2.45) is 11.8 Å². The number of fused-ring (bicyclic) bond motifs is 2. The molecule has 2 N–H and O–H groups in total. The fourth-order valence-corrected chi connectivity index (χ4v) is 4.37. The SMILES string of the molecule is CC(=O)N[C@@H]1C[C@@H]2CN(Cc3ccc4c(c3)OCO4)C[C@@H]2C[C@H]1O. The number of carbonyl (C=O) groups excluding carboxylic acids is 1. The minimum absolute atomic E-state index is 0.0623. The van der Waals surface area contributed by atoms with Crippen LogP contribution in [0.25, 0.3) is 0 Å². The molecule has 1 amide bonds. The number of benzene rings is 1. The maximum atomic E-state index is 11.3. The van der Waals surface area contributed by atoms with Gasteiger partial charge in [-0.1, -0.05) is 6.07 Å². The normalized spacial score (nSPS) is 31.8. The number of hydrogen-bond acceptors (Lipinski definition) is 5. The van der Waals surface area contributed by atoms with E-state index in [0.717, 1.165) is 44.0 Å². The molecule has 1 saturated carbocycles. The highest BCUT2D eigenvalue weighted by Crippen LogP contribution is 2.38. The van der Waals surface area contributed by atoms with Gasteiger partial charge in [0.05, 0.1) is 12.1 Å². The molecule has 2 aliphatic heterocycles. The highest BCUT2D eigenvalue weighted by atomic mass is 16.7. The van der Waals surface area contributed by atoms with Crippen LogP contribution in [0.3, 0.4) is 0 Å². The number of nitrogens with one attached hydrogen (secondary N) is 1. The Morgan fingerprint density at radius 2 is 2.00 bits per heavy atom. The van der Waals surface area contributed by atoms with Gasteiger partial charge in [0, 0.05) is 26.6 Å². The van der Waals surface area contributed by atoms with Crippen LogP contribution >= 0.6 is 0 Å². The zero-order valence-corrected chi connectivity index (χ0v) is 13.9. The Hall–Kier alpha value is -1.79. The van der Waals surface area contributed by atoms with E-state index in [0.29, 0.717) is 18.6 Å². The number of amides is 1. The number of carbonyl (C=O) groups is 1. The van der Waals surface area contributed by atoms with Gasteiger partial charge in [0.2, 0.25) is 12.7 Å². The molecule has 0 bridgehead atoms. The summed E-state index contributed by atoms with van der Waals surface area (Å²) in [7, 11) is 0. The van der Waals surface area contributed by atoms with Gasteiger partial charge in [-0.25, -0.2) is 0 Å². The lowest BCUT2D eigenvalue weighted by atomic mass is 9.77. The van der Waals surface area contributed by atoms with Gasteiger partial charge in [-0.15, -0.1) is 0 Å². The first kappa shape index (κ1) is 15.7. The maximum absolute atomic E-state index is 11.3. The van der Waals surface area contributed by atoms with Gasteiger partial charge < -0.3 is 19.9 Å². The fraction of sp³-hybridized carbons (Fsp3) is 0.611. The average Bonchev–Trinajstić information content (AvgIpc) is 3.12. The van der Waals surface area contributed by atoms with Crippen molar-refractivity contribution in [3.63, 3.8) is 0 Å². The molecule has 0 radical (unpaired) electrons. The second kappa shape index (κ2) is 6.26. The number of hydrogen-bond donors (Lipinski definition) is 2. The smallest absolute Gasteiger partial charge is 0.231 e. The summed E-state index contributed by atoms with van der Waals surface area (Å²) in [5.74, 6) is 2.63. The third-order valence-corrected chi connectivity index (χ3v) is 5.45. The Kier molecular flexibility index (Phi) is 4.10. The molecule has 1 aromatic rings. The zero-order valence-electron chi connectivity index (χ0n) is 13.9. The summed E-state index contributed by atoms with van der Waals surface area (Å²) in [5, 5.41) is 13.2. The average molecular weight is 332 g/mol. The second-order valence-electron chi connectivity index (χ2n) is 7.25. The molecule has 4 rings (SSSR count). The zero-order chi connectivity index (χ0) is 16.7. The summed E-state index contributed by atoms with van der Waals surface area (Å²) < 4.78 is 10.8. The maximum Gasteiger partial charge on any atom is 0.231 e.